The molecule has 1 spiro atoms. The molecule has 15 heteroatoms. The van der Waals surface area contributed by atoms with Gasteiger partial charge in [-0.3, -0.25) is 0 Å². The Morgan fingerprint density at radius 2 is 1.81 bits per heavy atom. The number of nitrogens with two attached hydrogens (primary N) is 1. The van der Waals surface area contributed by atoms with Crippen molar-refractivity contribution in [3.63, 3.8) is 0 Å². The highest BCUT2D eigenvalue weighted by atomic mass is 35.5. The number of pyridine rings is 1. The first kappa shape index (κ1) is 32.6. The summed E-state index contributed by atoms with van der Waals surface area (Å²) in [7, 11) is 0. The van der Waals surface area contributed by atoms with Gasteiger partial charge in [0.1, 0.15) is 33.7 Å². The number of anilines is 3. The maximum atomic E-state index is 15.1. The number of fused-ring (bicyclic) bond motifs is 1. The van der Waals surface area contributed by atoms with Gasteiger partial charge in [0.2, 0.25) is 5.95 Å². The molecule has 2 aliphatic rings. The van der Waals surface area contributed by atoms with E-state index in [-0.39, 0.29) is 46.3 Å². The van der Waals surface area contributed by atoms with E-state index in [0.717, 1.165) is 37.9 Å². The second-order valence-electron chi connectivity index (χ2n) is 12.7. The second-order valence-corrected chi connectivity index (χ2v) is 14.1. The highest BCUT2D eigenvalue weighted by Crippen LogP contribution is 2.42. The molecule has 1 aromatic carbocycles. The van der Waals surface area contributed by atoms with Crippen LogP contribution in [0.2, 0.25) is 5.02 Å². The Morgan fingerprint density at radius 3 is 2.50 bits per heavy atom. The Bertz CT molecular complexity index is 1980. The smallest absolute Gasteiger partial charge is 0.229 e. The number of ether oxygens (including phenoxy) is 1. The quantitative estimate of drug-likeness (QED) is 0.188. The van der Waals surface area contributed by atoms with Crippen molar-refractivity contribution in [1.29, 1.82) is 0 Å². The van der Waals surface area contributed by atoms with E-state index in [1.54, 1.807) is 24.5 Å². The summed E-state index contributed by atoms with van der Waals surface area (Å²) in [6.45, 7) is 10.2. The van der Waals surface area contributed by atoms with Crippen molar-refractivity contribution in [2.24, 2.45) is 11.1 Å². The van der Waals surface area contributed by atoms with E-state index in [4.69, 9.17) is 22.1 Å². The number of nitrogens with zero attached hydrogens (tertiary/aromatic N) is 8. The lowest BCUT2D eigenvalue weighted by Gasteiger charge is -2.41. The molecule has 7 rings (SSSR count). The van der Waals surface area contributed by atoms with E-state index in [9.17, 15) is 0 Å². The van der Waals surface area contributed by atoms with Crippen LogP contribution in [0.25, 0.3) is 22.3 Å². The van der Waals surface area contributed by atoms with Crippen molar-refractivity contribution in [2.75, 3.05) is 29.9 Å². The number of aryl methyl sites for hydroxylation is 1. The third kappa shape index (κ3) is 6.06. The Morgan fingerprint density at radius 1 is 1.02 bits per heavy atom. The maximum Gasteiger partial charge on any atom is 0.229 e. The zero-order valence-electron chi connectivity index (χ0n) is 26.9. The zero-order chi connectivity index (χ0) is 33.7. The topological polar surface area (TPSA) is 133 Å². The van der Waals surface area contributed by atoms with Crippen LogP contribution in [0.15, 0.2) is 52.9 Å². The van der Waals surface area contributed by atoms with Gasteiger partial charge in [0.25, 0.3) is 0 Å². The standard InChI is InChI=1S/C33H35ClF2N10OS/c1-17(2)46-19(4)42-30-22(35)9-20(10-24(30)46)29-23(36)13-41-32(44-29)43-26-11-25(21(34)12-38-26)48-28-15-39-27(14-40-28)45-7-5-33(6-8-45)16-47-18(3)31(33)37/h9-15,17-18,31H,5-8,16,37H2,1-4H3,(H,38,41,43,44)/t18-,31+/m0/s1. The summed E-state index contributed by atoms with van der Waals surface area (Å²) in [6.07, 6.45) is 8.02. The van der Waals surface area contributed by atoms with Crippen LogP contribution < -0.4 is 16.0 Å². The summed E-state index contributed by atoms with van der Waals surface area (Å²) in [4.78, 5) is 29.4. The summed E-state index contributed by atoms with van der Waals surface area (Å²) in [6, 6.07) is 4.73. The van der Waals surface area contributed by atoms with Gasteiger partial charge in [-0.2, -0.15) is 0 Å². The predicted molar refractivity (Wildman–Crippen MR) is 182 cm³/mol. The highest BCUT2D eigenvalue weighted by molar-refractivity contribution is 7.99. The molecule has 250 valence electrons. The molecule has 5 aromatic rings. The molecule has 11 nitrogen and oxygen atoms in total. The monoisotopic (exact) mass is 692 g/mol. The van der Waals surface area contributed by atoms with E-state index in [2.05, 4.69) is 40.1 Å². The average molecular weight is 693 g/mol. The normalized spacial score (nSPS) is 19.1. The second kappa shape index (κ2) is 12.8. The SMILES string of the molecule is Cc1nc2c(F)cc(-c3nc(Nc4cc(Sc5cnc(N6CCC7(CC6)CO[C@@H](C)[C@H]7N)cn5)c(Cl)cn4)ncc3F)cc2n1C(C)C. The summed E-state index contributed by atoms with van der Waals surface area (Å²) in [5, 5.41) is 4.09. The Balaban J connectivity index is 1.06. The van der Waals surface area contributed by atoms with E-state index < -0.39 is 11.6 Å². The molecule has 4 aromatic heterocycles. The van der Waals surface area contributed by atoms with Crippen LogP contribution in [0.5, 0.6) is 0 Å². The first-order valence-electron chi connectivity index (χ1n) is 15.8. The van der Waals surface area contributed by atoms with Crippen LogP contribution in [-0.2, 0) is 4.74 Å². The third-order valence-electron chi connectivity index (χ3n) is 9.28. The van der Waals surface area contributed by atoms with Crippen molar-refractivity contribution in [1.82, 2.24) is 34.5 Å². The molecular weight excluding hydrogens is 658 g/mol. The number of hydrogen-bond donors (Lipinski definition) is 2. The molecule has 2 atom stereocenters. The Hall–Kier alpha value is -3.98. The van der Waals surface area contributed by atoms with E-state index in [1.807, 2.05) is 32.3 Å². The minimum atomic E-state index is -0.691. The van der Waals surface area contributed by atoms with Crippen molar-refractivity contribution in [2.45, 2.75) is 68.6 Å². The fraction of sp³-hybridized carbons (Fsp3) is 0.394. The molecule has 2 aliphatic heterocycles. The van der Waals surface area contributed by atoms with Crippen LogP contribution in [0.1, 0.15) is 45.5 Å². The first-order chi connectivity index (χ1) is 23.0. The fourth-order valence-electron chi connectivity index (χ4n) is 6.66. The highest BCUT2D eigenvalue weighted by Gasteiger charge is 2.47. The minimum Gasteiger partial charge on any atom is -0.376 e. The van der Waals surface area contributed by atoms with Gasteiger partial charge in [0.15, 0.2) is 11.6 Å². The average Bonchev–Trinajstić information content (AvgIpc) is 3.55. The van der Waals surface area contributed by atoms with Crippen molar-refractivity contribution < 1.29 is 13.5 Å². The number of hydrogen-bond acceptors (Lipinski definition) is 11. The van der Waals surface area contributed by atoms with Crippen molar-refractivity contribution >= 4 is 52.0 Å². The lowest BCUT2D eigenvalue weighted by atomic mass is 9.73. The van der Waals surface area contributed by atoms with E-state index >= 15 is 8.78 Å². The van der Waals surface area contributed by atoms with Gasteiger partial charge in [0, 0.05) is 47.2 Å². The van der Waals surface area contributed by atoms with Gasteiger partial charge in [-0.05, 0) is 58.7 Å². The number of imidazole rings is 1. The van der Waals surface area contributed by atoms with Gasteiger partial charge < -0.3 is 25.3 Å². The van der Waals surface area contributed by atoms with Gasteiger partial charge in [0.05, 0.1) is 41.8 Å². The Kier molecular flexibility index (Phi) is 8.69. The molecule has 0 bridgehead atoms. The summed E-state index contributed by atoms with van der Waals surface area (Å²) < 4.78 is 37.9. The molecular formula is C33H35ClF2N10OS. The molecule has 6 heterocycles. The van der Waals surface area contributed by atoms with Crippen LogP contribution >= 0.6 is 23.4 Å². The largest absolute Gasteiger partial charge is 0.376 e. The van der Waals surface area contributed by atoms with Gasteiger partial charge >= 0.3 is 0 Å². The summed E-state index contributed by atoms with van der Waals surface area (Å²) in [5.41, 5.74) is 7.50. The number of piperidine rings is 1. The molecule has 0 amide bonds. The van der Waals surface area contributed by atoms with Crippen molar-refractivity contribution in [3.8, 4) is 11.3 Å². The lowest BCUT2D eigenvalue weighted by molar-refractivity contribution is 0.0974. The molecule has 48 heavy (non-hydrogen) atoms. The number of nitrogens with one attached hydrogen (secondary N) is 1. The fourth-order valence-corrected chi connectivity index (χ4v) is 7.64. The molecule has 0 unspecified atom stereocenters. The van der Waals surface area contributed by atoms with Gasteiger partial charge in [-0.15, -0.1) is 0 Å². The number of halogens is 3. The number of benzene rings is 1. The van der Waals surface area contributed by atoms with E-state index in [0.29, 0.717) is 38.7 Å². The van der Waals surface area contributed by atoms with Crippen LogP contribution in [0.4, 0.5) is 26.4 Å². The zero-order valence-corrected chi connectivity index (χ0v) is 28.5. The van der Waals surface area contributed by atoms with Crippen LogP contribution in [0, 0.1) is 24.0 Å². The van der Waals surface area contributed by atoms with Crippen LogP contribution in [-0.4, -0.2) is 66.3 Å². The summed E-state index contributed by atoms with van der Waals surface area (Å²) in [5.74, 6) is 0.690. The van der Waals surface area contributed by atoms with Crippen molar-refractivity contribution in [3.05, 3.63) is 65.5 Å². The Labute approximate surface area is 285 Å². The molecule has 2 saturated heterocycles. The van der Waals surface area contributed by atoms with Gasteiger partial charge in [-0.1, -0.05) is 23.4 Å². The predicted octanol–water partition coefficient (Wildman–Crippen LogP) is 6.73. The maximum absolute atomic E-state index is 15.1. The number of aromatic nitrogens is 7. The number of rotatable bonds is 7. The van der Waals surface area contributed by atoms with E-state index in [1.165, 1.54) is 24.0 Å². The molecule has 0 saturated carbocycles. The van der Waals surface area contributed by atoms with Crippen LogP contribution in [0.3, 0.4) is 0 Å². The first-order valence-corrected chi connectivity index (χ1v) is 17.0. The molecule has 0 radical (unpaired) electrons. The molecule has 3 N–H and O–H groups in total. The third-order valence-corrected chi connectivity index (χ3v) is 10.7. The lowest BCUT2D eigenvalue weighted by Crippen LogP contribution is -2.50. The minimum absolute atomic E-state index is 0.0304. The molecule has 2 fully saturated rings. The molecule has 0 aliphatic carbocycles. The summed E-state index contributed by atoms with van der Waals surface area (Å²) >= 11 is 7.83. The van der Waals surface area contributed by atoms with Gasteiger partial charge in [-0.25, -0.2) is 38.7 Å².